The molecule has 156 valence electrons. The van der Waals surface area contributed by atoms with E-state index in [0.29, 0.717) is 6.54 Å². The van der Waals surface area contributed by atoms with Gasteiger partial charge in [0.25, 0.3) is 0 Å². The van der Waals surface area contributed by atoms with Crippen LogP contribution in [0.4, 0.5) is 5.69 Å². The van der Waals surface area contributed by atoms with Crippen LogP contribution in [-0.4, -0.2) is 37.3 Å². The Balaban J connectivity index is 1.78. The number of aliphatic carboxylic acids is 1. The normalized spacial score (nSPS) is 11.8. The number of hydrogen-bond donors (Lipinski definition) is 2. The minimum atomic E-state index is -0.838. The van der Waals surface area contributed by atoms with Gasteiger partial charge in [0.05, 0.1) is 6.54 Å². The molecule has 0 aliphatic rings. The lowest BCUT2D eigenvalue weighted by Crippen LogP contribution is -2.43. The minimum absolute atomic E-state index is 0.0376. The molecule has 0 spiro atoms. The molecule has 0 bridgehead atoms. The summed E-state index contributed by atoms with van der Waals surface area (Å²) in [6.07, 6.45) is 0.825. The highest BCUT2D eigenvalue weighted by molar-refractivity contribution is 5.69. The number of carboxylic acids is 1. The zero-order valence-corrected chi connectivity index (χ0v) is 17.9. The highest BCUT2D eigenvalue weighted by Crippen LogP contribution is 2.23. The van der Waals surface area contributed by atoms with Crippen molar-refractivity contribution in [3.8, 4) is 11.1 Å². The predicted molar refractivity (Wildman–Crippen MR) is 124 cm³/mol. The molecule has 1 atom stereocenters. The van der Waals surface area contributed by atoms with Crippen LogP contribution in [0.25, 0.3) is 11.1 Å². The van der Waals surface area contributed by atoms with E-state index in [9.17, 15) is 4.79 Å². The van der Waals surface area contributed by atoms with Crippen molar-refractivity contribution in [1.29, 1.82) is 0 Å². The number of hydrogen-bond acceptors (Lipinski definition) is 3. The Morgan fingerprint density at radius 2 is 1.53 bits per heavy atom. The predicted octanol–water partition coefficient (Wildman–Crippen LogP) is 4.69. The smallest absolute Gasteiger partial charge is 0.317 e. The first-order valence-corrected chi connectivity index (χ1v) is 10.3. The summed E-state index contributed by atoms with van der Waals surface area (Å²) in [6, 6.07) is 25.6. The molecule has 0 amide bonds. The van der Waals surface area contributed by atoms with Crippen LogP contribution in [0.5, 0.6) is 0 Å². The molecule has 3 aromatic rings. The van der Waals surface area contributed by atoms with E-state index in [0.717, 1.165) is 12.1 Å². The summed E-state index contributed by atoms with van der Waals surface area (Å²) in [5, 5.41) is 12.1. The molecule has 0 fully saturated rings. The van der Waals surface area contributed by atoms with E-state index in [2.05, 4.69) is 85.7 Å². The summed E-state index contributed by atoms with van der Waals surface area (Å²) in [7, 11) is 2.08. The molecule has 0 radical (unpaired) electrons. The molecule has 0 aromatic heterocycles. The molecule has 4 nitrogen and oxygen atoms in total. The van der Waals surface area contributed by atoms with Gasteiger partial charge in [-0.2, -0.15) is 0 Å². The zero-order chi connectivity index (χ0) is 21.5. The van der Waals surface area contributed by atoms with E-state index < -0.39 is 5.97 Å². The van der Waals surface area contributed by atoms with E-state index >= 15 is 0 Å². The van der Waals surface area contributed by atoms with Crippen molar-refractivity contribution >= 4 is 11.7 Å². The Kier molecular flexibility index (Phi) is 7.26. The van der Waals surface area contributed by atoms with Gasteiger partial charge in [-0.3, -0.25) is 4.79 Å². The maximum Gasteiger partial charge on any atom is 0.317 e. The molecule has 0 aliphatic heterocycles. The topological polar surface area (TPSA) is 52.6 Å². The Labute approximate surface area is 179 Å². The highest BCUT2D eigenvalue weighted by atomic mass is 16.4. The van der Waals surface area contributed by atoms with Gasteiger partial charge in [-0.1, -0.05) is 60.7 Å². The molecule has 0 heterocycles. The fourth-order valence-electron chi connectivity index (χ4n) is 3.79. The maximum atomic E-state index is 11.0. The molecule has 30 heavy (non-hydrogen) atoms. The number of rotatable bonds is 9. The SMILES string of the molecule is Cc1cc(C)cc(N(C)C(CNCC(=O)O)Cc2ccc(-c3ccccc3)cc2)c1. The number of likely N-dealkylation sites (N-methyl/N-ethyl adjacent to an activating group) is 1. The summed E-state index contributed by atoms with van der Waals surface area (Å²) in [5.41, 5.74) is 7.23. The first-order valence-electron chi connectivity index (χ1n) is 10.3. The van der Waals surface area contributed by atoms with Crippen LogP contribution in [0, 0.1) is 13.8 Å². The van der Waals surface area contributed by atoms with E-state index in [1.165, 1.54) is 27.8 Å². The van der Waals surface area contributed by atoms with E-state index in [4.69, 9.17) is 5.11 Å². The monoisotopic (exact) mass is 402 g/mol. The molecular formula is C26H30N2O2. The summed E-state index contributed by atoms with van der Waals surface area (Å²) >= 11 is 0. The third kappa shape index (κ3) is 5.94. The van der Waals surface area contributed by atoms with Crippen LogP contribution < -0.4 is 10.2 Å². The average molecular weight is 403 g/mol. The van der Waals surface area contributed by atoms with E-state index in [-0.39, 0.29) is 12.6 Å². The Hall–Kier alpha value is -3.11. The number of benzene rings is 3. The highest BCUT2D eigenvalue weighted by Gasteiger charge is 2.17. The molecule has 4 heteroatoms. The van der Waals surface area contributed by atoms with Gasteiger partial charge in [-0.15, -0.1) is 0 Å². The number of aryl methyl sites for hydroxylation is 2. The van der Waals surface area contributed by atoms with Crippen molar-refractivity contribution in [2.75, 3.05) is 25.0 Å². The fraction of sp³-hybridized carbons (Fsp3) is 0.269. The number of nitrogens with one attached hydrogen (secondary N) is 1. The van der Waals surface area contributed by atoms with Crippen LogP contribution >= 0.6 is 0 Å². The maximum absolute atomic E-state index is 11.0. The molecule has 3 rings (SSSR count). The fourth-order valence-corrected chi connectivity index (χ4v) is 3.79. The first kappa shape index (κ1) is 21.6. The third-order valence-electron chi connectivity index (χ3n) is 5.35. The molecule has 0 saturated heterocycles. The van der Waals surface area contributed by atoms with Crippen LogP contribution in [-0.2, 0) is 11.2 Å². The Bertz CT molecular complexity index is 948. The summed E-state index contributed by atoms with van der Waals surface area (Å²) in [4.78, 5) is 13.2. The molecule has 3 aromatic carbocycles. The van der Waals surface area contributed by atoms with Gasteiger partial charge in [0.1, 0.15) is 0 Å². The average Bonchev–Trinajstić information content (AvgIpc) is 2.73. The number of nitrogens with zero attached hydrogens (tertiary/aromatic N) is 1. The second-order valence-electron chi connectivity index (χ2n) is 7.90. The van der Waals surface area contributed by atoms with Gasteiger partial charge in [-0.25, -0.2) is 0 Å². The van der Waals surface area contributed by atoms with Crippen molar-refractivity contribution in [2.24, 2.45) is 0 Å². The molecule has 1 unspecified atom stereocenters. The Morgan fingerprint density at radius 3 is 2.13 bits per heavy atom. The molecule has 0 aliphatic carbocycles. The standard InChI is InChI=1S/C26H30N2O2/c1-19-13-20(2)15-24(14-19)28(3)25(17-27-18-26(29)30)16-21-9-11-23(12-10-21)22-7-5-4-6-8-22/h4-15,25,27H,16-18H2,1-3H3,(H,29,30). The van der Waals surface area contributed by atoms with Gasteiger partial charge in [0, 0.05) is 25.3 Å². The van der Waals surface area contributed by atoms with Crippen molar-refractivity contribution in [3.63, 3.8) is 0 Å². The van der Waals surface area contributed by atoms with Gasteiger partial charge in [0.15, 0.2) is 0 Å². The number of anilines is 1. The van der Waals surface area contributed by atoms with Crippen LogP contribution in [0.15, 0.2) is 72.8 Å². The Morgan fingerprint density at radius 1 is 0.933 bits per heavy atom. The van der Waals surface area contributed by atoms with Crippen molar-refractivity contribution in [2.45, 2.75) is 26.3 Å². The summed E-state index contributed by atoms with van der Waals surface area (Å²) < 4.78 is 0. The largest absolute Gasteiger partial charge is 0.480 e. The first-order chi connectivity index (χ1) is 14.4. The van der Waals surface area contributed by atoms with Crippen LogP contribution in [0.1, 0.15) is 16.7 Å². The second-order valence-corrected chi connectivity index (χ2v) is 7.90. The van der Waals surface area contributed by atoms with Gasteiger partial charge < -0.3 is 15.3 Å². The van der Waals surface area contributed by atoms with Crippen molar-refractivity contribution < 1.29 is 9.90 Å². The number of carbonyl (C=O) groups is 1. The van der Waals surface area contributed by atoms with Gasteiger partial charge in [0.2, 0.25) is 0 Å². The zero-order valence-electron chi connectivity index (χ0n) is 17.9. The lowest BCUT2D eigenvalue weighted by atomic mass is 9.99. The third-order valence-corrected chi connectivity index (χ3v) is 5.35. The molecular weight excluding hydrogens is 372 g/mol. The summed E-state index contributed by atoms with van der Waals surface area (Å²) in [5.74, 6) is -0.838. The molecule has 2 N–H and O–H groups in total. The minimum Gasteiger partial charge on any atom is -0.480 e. The number of carboxylic acid groups (broad SMARTS) is 1. The van der Waals surface area contributed by atoms with Crippen molar-refractivity contribution in [3.05, 3.63) is 89.5 Å². The lowest BCUT2D eigenvalue weighted by molar-refractivity contribution is -0.135. The van der Waals surface area contributed by atoms with Crippen LogP contribution in [0.2, 0.25) is 0 Å². The molecule has 0 saturated carbocycles. The quantitative estimate of drug-likeness (QED) is 0.545. The van der Waals surface area contributed by atoms with Crippen molar-refractivity contribution in [1.82, 2.24) is 5.32 Å². The lowest BCUT2D eigenvalue weighted by Gasteiger charge is -2.31. The summed E-state index contributed by atoms with van der Waals surface area (Å²) in [6.45, 7) is 4.76. The van der Waals surface area contributed by atoms with E-state index in [1.807, 2.05) is 18.2 Å². The van der Waals surface area contributed by atoms with Crippen LogP contribution in [0.3, 0.4) is 0 Å². The van der Waals surface area contributed by atoms with Gasteiger partial charge in [-0.05, 0) is 60.2 Å². The van der Waals surface area contributed by atoms with Gasteiger partial charge >= 0.3 is 5.97 Å². The second kappa shape index (κ2) is 10.1. The van der Waals surface area contributed by atoms with E-state index in [1.54, 1.807) is 0 Å².